The second-order valence-electron chi connectivity index (χ2n) is 4.52. The molecule has 0 unspecified atom stereocenters. The van der Waals surface area contributed by atoms with Gasteiger partial charge in [0.2, 0.25) is 0 Å². The monoisotopic (exact) mass is 289 g/mol. The Labute approximate surface area is 105 Å². The molecule has 3 heteroatoms. The Bertz CT molecular complexity index is 294. The van der Waals surface area contributed by atoms with Gasteiger partial charge in [-0.05, 0) is 58.2 Å². The van der Waals surface area contributed by atoms with E-state index in [1.54, 1.807) is 11.3 Å². The lowest BCUT2D eigenvalue weighted by Crippen LogP contribution is -2.25. The second-order valence-corrected chi connectivity index (χ2v) is 6.12. The summed E-state index contributed by atoms with van der Waals surface area (Å²) in [4.78, 5) is 0. The van der Waals surface area contributed by atoms with Gasteiger partial charge < -0.3 is 5.32 Å². The minimum atomic E-state index is 0.263. The topological polar surface area (TPSA) is 12.0 Å². The Morgan fingerprint density at radius 1 is 1.33 bits per heavy atom. The summed E-state index contributed by atoms with van der Waals surface area (Å²) in [6.45, 7) is 9.05. The average molecular weight is 290 g/mol. The van der Waals surface area contributed by atoms with Gasteiger partial charge in [-0.15, -0.1) is 0 Å². The van der Waals surface area contributed by atoms with Crippen LogP contribution in [0.4, 0.5) is 0 Å². The van der Waals surface area contributed by atoms with Crippen LogP contribution in [0.15, 0.2) is 15.2 Å². The summed E-state index contributed by atoms with van der Waals surface area (Å²) in [5, 5.41) is 7.88. The zero-order valence-electron chi connectivity index (χ0n) is 9.77. The Morgan fingerprint density at radius 2 is 2.07 bits per heavy atom. The average Bonchev–Trinajstić information content (AvgIpc) is 2.60. The van der Waals surface area contributed by atoms with Gasteiger partial charge in [-0.1, -0.05) is 20.8 Å². The maximum atomic E-state index is 3.61. The fourth-order valence-electron chi connectivity index (χ4n) is 1.60. The Morgan fingerprint density at radius 3 is 2.60 bits per heavy atom. The number of rotatable bonds is 6. The quantitative estimate of drug-likeness (QED) is 0.775. The molecule has 0 aromatic carbocycles. The van der Waals surface area contributed by atoms with E-state index in [1.165, 1.54) is 22.9 Å². The van der Waals surface area contributed by atoms with E-state index < -0.39 is 0 Å². The standard InChI is InChI=1S/C12H20BrNS/c1-4-6-14-7-5-12(2,3)10-8-15-9-11(10)13/h8-9,14H,4-7H2,1-3H3. The third-order valence-corrected chi connectivity index (χ3v) is 4.40. The van der Waals surface area contributed by atoms with Gasteiger partial charge in [0.15, 0.2) is 0 Å². The van der Waals surface area contributed by atoms with Gasteiger partial charge in [-0.25, -0.2) is 0 Å². The van der Waals surface area contributed by atoms with E-state index in [-0.39, 0.29) is 5.41 Å². The third-order valence-electron chi connectivity index (χ3n) is 2.70. The molecule has 1 aromatic rings. The molecule has 0 saturated carbocycles. The molecule has 0 radical (unpaired) electrons. The van der Waals surface area contributed by atoms with Gasteiger partial charge in [0.25, 0.3) is 0 Å². The van der Waals surface area contributed by atoms with Crippen LogP contribution in [-0.4, -0.2) is 13.1 Å². The first kappa shape index (κ1) is 13.2. The van der Waals surface area contributed by atoms with Crippen LogP contribution < -0.4 is 5.32 Å². The first-order chi connectivity index (χ1) is 7.08. The summed E-state index contributed by atoms with van der Waals surface area (Å²) in [7, 11) is 0. The van der Waals surface area contributed by atoms with Crippen LogP contribution >= 0.6 is 27.3 Å². The summed E-state index contributed by atoms with van der Waals surface area (Å²) < 4.78 is 1.26. The van der Waals surface area contributed by atoms with Crippen LogP contribution in [-0.2, 0) is 5.41 Å². The summed E-state index contributed by atoms with van der Waals surface area (Å²) >= 11 is 5.38. The molecule has 0 bridgehead atoms. The van der Waals surface area contributed by atoms with Crippen molar-refractivity contribution in [1.82, 2.24) is 5.32 Å². The fraction of sp³-hybridized carbons (Fsp3) is 0.667. The van der Waals surface area contributed by atoms with Gasteiger partial charge in [-0.3, -0.25) is 0 Å². The normalized spacial score (nSPS) is 12.0. The van der Waals surface area contributed by atoms with Crippen molar-refractivity contribution in [2.24, 2.45) is 0 Å². The Hall–Kier alpha value is 0.140. The van der Waals surface area contributed by atoms with Gasteiger partial charge in [0.1, 0.15) is 0 Å². The molecular weight excluding hydrogens is 270 g/mol. The van der Waals surface area contributed by atoms with Crippen LogP contribution in [0, 0.1) is 0 Å². The maximum absolute atomic E-state index is 3.61. The van der Waals surface area contributed by atoms with Crippen LogP contribution in [0.3, 0.4) is 0 Å². The van der Waals surface area contributed by atoms with E-state index in [4.69, 9.17) is 0 Å². The maximum Gasteiger partial charge on any atom is 0.0319 e. The Balaban J connectivity index is 2.48. The molecule has 0 spiro atoms. The van der Waals surface area contributed by atoms with Crippen molar-refractivity contribution in [2.75, 3.05) is 13.1 Å². The number of nitrogens with one attached hydrogen (secondary N) is 1. The molecule has 0 amide bonds. The van der Waals surface area contributed by atoms with Crippen molar-refractivity contribution in [3.63, 3.8) is 0 Å². The van der Waals surface area contributed by atoms with E-state index in [2.05, 4.69) is 52.8 Å². The number of thiophene rings is 1. The number of hydrogen-bond acceptors (Lipinski definition) is 2. The summed E-state index contributed by atoms with van der Waals surface area (Å²) in [6, 6.07) is 0. The van der Waals surface area contributed by atoms with Gasteiger partial charge in [0, 0.05) is 9.85 Å². The molecule has 0 fully saturated rings. The predicted molar refractivity (Wildman–Crippen MR) is 72.8 cm³/mol. The van der Waals surface area contributed by atoms with Gasteiger partial charge in [-0.2, -0.15) is 11.3 Å². The molecule has 1 rings (SSSR count). The first-order valence-corrected chi connectivity index (χ1v) is 7.24. The zero-order chi connectivity index (χ0) is 11.3. The smallest absolute Gasteiger partial charge is 0.0319 e. The highest BCUT2D eigenvalue weighted by Crippen LogP contribution is 2.35. The SMILES string of the molecule is CCCNCCC(C)(C)c1cscc1Br. The van der Waals surface area contributed by atoms with Gasteiger partial charge >= 0.3 is 0 Å². The van der Waals surface area contributed by atoms with Crippen LogP contribution in [0.2, 0.25) is 0 Å². The van der Waals surface area contributed by atoms with Crippen molar-refractivity contribution in [2.45, 2.75) is 39.0 Å². The summed E-state index contributed by atoms with van der Waals surface area (Å²) in [5.74, 6) is 0. The lowest BCUT2D eigenvalue weighted by atomic mass is 9.83. The molecule has 1 aromatic heterocycles. The minimum absolute atomic E-state index is 0.263. The van der Waals surface area contributed by atoms with Crippen molar-refractivity contribution < 1.29 is 0 Å². The summed E-state index contributed by atoms with van der Waals surface area (Å²) in [5.41, 5.74) is 1.70. The predicted octanol–water partition coefficient (Wildman–Crippen LogP) is 4.18. The van der Waals surface area contributed by atoms with Crippen molar-refractivity contribution in [1.29, 1.82) is 0 Å². The largest absolute Gasteiger partial charge is 0.317 e. The van der Waals surface area contributed by atoms with E-state index in [0.29, 0.717) is 0 Å². The highest BCUT2D eigenvalue weighted by Gasteiger charge is 2.22. The molecule has 86 valence electrons. The highest BCUT2D eigenvalue weighted by molar-refractivity contribution is 9.10. The molecule has 0 aliphatic rings. The molecule has 1 nitrogen and oxygen atoms in total. The molecule has 1 N–H and O–H groups in total. The molecule has 15 heavy (non-hydrogen) atoms. The number of hydrogen-bond donors (Lipinski definition) is 1. The molecule has 0 aliphatic heterocycles. The van der Waals surface area contributed by atoms with E-state index >= 15 is 0 Å². The fourth-order valence-corrected chi connectivity index (χ4v) is 3.62. The van der Waals surface area contributed by atoms with E-state index in [9.17, 15) is 0 Å². The first-order valence-electron chi connectivity index (χ1n) is 5.51. The molecule has 0 atom stereocenters. The minimum Gasteiger partial charge on any atom is -0.317 e. The molecule has 0 aliphatic carbocycles. The van der Waals surface area contributed by atoms with Gasteiger partial charge in [0.05, 0.1) is 0 Å². The zero-order valence-corrected chi connectivity index (χ0v) is 12.2. The van der Waals surface area contributed by atoms with E-state index in [1.807, 2.05) is 0 Å². The third kappa shape index (κ3) is 3.89. The molecule has 1 heterocycles. The lowest BCUT2D eigenvalue weighted by Gasteiger charge is -2.24. The highest BCUT2D eigenvalue weighted by atomic mass is 79.9. The number of halogens is 1. The second kappa shape index (κ2) is 6.02. The van der Waals surface area contributed by atoms with Crippen LogP contribution in [0.5, 0.6) is 0 Å². The van der Waals surface area contributed by atoms with Crippen molar-refractivity contribution >= 4 is 27.3 Å². The van der Waals surface area contributed by atoms with Crippen LogP contribution in [0.1, 0.15) is 39.2 Å². The lowest BCUT2D eigenvalue weighted by molar-refractivity contribution is 0.457. The van der Waals surface area contributed by atoms with E-state index in [0.717, 1.165) is 13.1 Å². The van der Waals surface area contributed by atoms with Crippen LogP contribution in [0.25, 0.3) is 0 Å². The Kier molecular flexibility index (Phi) is 5.30. The molecule has 0 saturated heterocycles. The van der Waals surface area contributed by atoms with Crippen molar-refractivity contribution in [3.8, 4) is 0 Å². The van der Waals surface area contributed by atoms with Crippen molar-refractivity contribution in [3.05, 3.63) is 20.8 Å². The summed E-state index contributed by atoms with van der Waals surface area (Å²) in [6.07, 6.45) is 2.39. The molecular formula is C12H20BrNS.